The Morgan fingerprint density at radius 1 is 1.11 bits per heavy atom. The molecule has 0 aromatic heterocycles. The number of aliphatic hydroxyl groups is 1. The minimum absolute atomic E-state index is 0.0163. The Morgan fingerprint density at radius 2 is 1.86 bits per heavy atom. The van der Waals surface area contributed by atoms with Gasteiger partial charge in [0.1, 0.15) is 29.8 Å². The molecule has 0 spiro atoms. The highest BCUT2D eigenvalue weighted by molar-refractivity contribution is 8.00. The standard InChI is InChI=1S/C36H44O7S/c1-6-34(4)19-29(35(5)22(2)14-16-36(23(3)32(34)40)17-15-28(38)31(35)36)43-30(39)21-44-25-11-9-10-24(18-25)20-42-33(41)26-12-7-8-13-27(26)37/h6-13,18,22-23,29,31-32,37,40H,1,14-17,19-21H2,2-5H3/t22?,23-,29+,31?,32-,34+,35-,36?/m0/s1. The summed E-state index contributed by atoms with van der Waals surface area (Å²) in [5.74, 6) is -1.01. The maximum Gasteiger partial charge on any atom is 0.342 e. The molecule has 3 aliphatic carbocycles. The average molecular weight is 621 g/mol. The fraction of sp³-hybridized carbons (Fsp3) is 0.528. The van der Waals surface area contributed by atoms with Crippen LogP contribution in [0.4, 0.5) is 0 Å². The largest absolute Gasteiger partial charge is 0.507 e. The van der Waals surface area contributed by atoms with Gasteiger partial charge >= 0.3 is 11.9 Å². The molecule has 3 aliphatic rings. The number of esters is 2. The molecule has 3 unspecified atom stereocenters. The van der Waals surface area contributed by atoms with E-state index in [-0.39, 0.29) is 58.6 Å². The van der Waals surface area contributed by atoms with Crippen LogP contribution in [0.3, 0.4) is 0 Å². The molecule has 0 amide bonds. The Hall–Kier alpha value is -3.10. The Kier molecular flexibility index (Phi) is 9.07. The van der Waals surface area contributed by atoms with E-state index in [2.05, 4.69) is 27.4 Å². The molecule has 2 aromatic rings. The van der Waals surface area contributed by atoms with Crippen LogP contribution in [0.25, 0.3) is 0 Å². The van der Waals surface area contributed by atoms with Crippen LogP contribution in [0, 0.1) is 34.0 Å². The number of ketones is 1. The van der Waals surface area contributed by atoms with Crippen molar-refractivity contribution < 1.29 is 34.1 Å². The minimum Gasteiger partial charge on any atom is -0.507 e. The zero-order valence-corrected chi connectivity index (χ0v) is 26.9. The van der Waals surface area contributed by atoms with Gasteiger partial charge in [-0.2, -0.15) is 0 Å². The first-order valence-electron chi connectivity index (χ1n) is 15.6. The van der Waals surface area contributed by atoms with E-state index < -0.39 is 29.0 Å². The number of aromatic hydroxyl groups is 1. The molecule has 3 saturated carbocycles. The van der Waals surface area contributed by atoms with E-state index in [1.165, 1.54) is 23.9 Å². The zero-order valence-electron chi connectivity index (χ0n) is 26.1. The van der Waals surface area contributed by atoms with E-state index in [0.717, 1.165) is 29.7 Å². The summed E-state index contributed by atoms with van der Waals surface area (Å²) in [6.07, 6.45) is 4.03. The maximum atomic E-state index is 13.6. The van der Waals surface area contributed by atoms with E-state index in [9.17, 15) is 24.6 Å². The lowest BCUT2D eigenvalue weighted by Crippen LogP contribution is -2.63. The fourth-order valence-corrected chi connectivity index (χ4v) is 9.20. The highest BCUT2D eigenvalue weighted by Crippen LogP contribution is 2.68. The van der Waals surface area contributed by atoms with Gasteiger partial charge in [-0.25, -0.2) is 4.79 Å². The normalized spacial score (nSPS) is 34.8. The summed E-state index contributed by atoms with van der Waals surface area (Å²) in [7, 11) is 0. The molecule has 3 fully saturated rings. The van der Waals surface area contributed by atoms with Crippen molar-refractivity contribution in [3.05, 3.63) is 72.3 Å². The summed E-state index contributed by atoms with van der Waals surface area (Å²) < 4.78 is 11.7. The van der Waals surface area contributed by atoms with Crippen LogP contribution in [0.2, 0.25) is 0 Å². The van der Waals surface area contributed by atoms with Crippen molar-refractivity contribution in [1.29, 1.82) is 0 Å². The van der Waals surface area contributed by atoms with Crippen molar-refractivity contribution in [3.8, 4) is 5.75 Å². The third kappa shape index (κ3) is 5.60. The maximum absolute atomic E-state index is 13.6. The van der Waals surface area contributed by atoms with Crippen LogP contribution in [0.5, 0.6) is 5.75 Å². The van der Waals surface area contributed by atoms with Crippen LogP contribution in [0.15, 0.2) is 66.1 Å². The molecule has 2 aromatic carbocycles. The molecule has 0 saturated heterocycles. The van der Waals surface area contributed by atoms with Gasteiger partial charge in [0, 0.05) is 28.1 Å². The van der Waals surface area contributed by atoms with Gasteiger partial charge in [0.15, 0.2) is 0 Å². The second-order valence-corrected chi connectivity index (χ2v) is 14.6. The molecule has 5 rings (SSSR count). The number of hydrogen-bond acceptors (Lipinski definition) is 8. The third-order valence-electron chi connectivity index (χ3n) is 11.3. The van der Waals surface area contributed by atoms with Crippen LogP contribution in [-0.2, 0) is 25.7 Å². The summed E-state index contributed by atoms with van der Waals surface area (Å²) in [6.45, 7) is 12.5. The number of phenolic OH excluding ortho intramolecular Hbond substituents is 1. The van der Waals surface area contributed by atoms with E-state index in [4.69, 9.17) is 9.47 Å². The second kappa shape index (κ2) is 12.4. The summed E-state index contributed by atoms with van der Waals surface area (Å²) in [5.41, 5.74) is -0.701. The lowest BCUT2D eigenvalue weighted by atomic mass is 9.44. The molecule has 44 heavy (non-hydrogen) atoms. The number of Topliss-reactive ketones (excluding diaryl/α,β-unsaturated/α-hetero) is 1. The molecule has 2 N–H and O–H groups in total. The number of carbonyl (C=O) groups is 3. The zero-order chi connectivity index (χ0) is 31.9. The molecule has 8 atom stereocenters. The number of rotatable bonds is 8. The van der Waals surface area contributed by atoms with Crippen molar-refractivity contribution in [2.24, 2.45) is 34.0 Å². The molecular formula is C36H44O7S. The van der Waals surface area contributed by atoms with Crippen LogP contribution in [0.1, 0.15) is 75.7 Å². The number of phenols is 1. The number of thioether (sulfide) groups is 1. The Bertz CT molecular complexity index is 1440. The van der Waals surface area contributed by atoms with Crippen LogP contribution < -0.4 is 0 Å². The smallest absolute Gasteiger partial charge is 0.342 e. The van der Waals surface area contributed by atoms with E-state index in [1.54, 1.807) is 18.2 Å². The molecule has 2 bridgehead atoms. The van der Waals surface area contributed by atoms with Crippen molar-refractivity contribution in [3.63, 3.8) is 0 Å². The SMILES string of the molecule is C=C[C@]1(C)C[C@@H](OC(=O)CSc2cccc(COC(=O)c3ccccc3O)c2)[C@]2(C)C(C)CCC3(CCC(=O)C32)[C@@H](C)[C@@H]1O. The number of ether oxygens (including phenoxy) is 2. The molecule has 0 aliphatic heterocycles. The topological polar surface area (TPSA) is 110 Å². The Balaban J connectivity index is 1.31. The van der Waals surface area contributed by atoms with Gasteiger partial charge in [0.25, 0.3) is 0 Å². The summed E-state index contributed by atoms with van der Waals surface area (Å²) in [6, 6.07) is 13.6. The molecule has 0 heterocycles. The Labute approximate surface area is 264 Å². The summed E-state index contributed by atoms with van der Waals surface area (Å²) in [4.78, 5) is 40.3. The monoisotopic (exact) mass is 620 g/mol. The van der Waals surface area contributed by atoms with E-state index in [0.29, 0.717) is 12.8 Å². The minimum atomic E-state index is -0.704. The van der Waals surface area contributed by atoms with Crippen molar-refractivity contribution >= 4 is 29.5 Å². The molecule has 236 valence electrons. The first kappa shape index (κ1) is 32.3. The Morgan fingerprint density at radius 3 is 2.59 bits per heavy atom. The van der Waals surface area contributed by atoms with Gasteiger partial charge < -0.3 is 19.7 Å². The van der Waals surface area contributed by atoms with Crippen molar-refractivity contribution in [1.82, 2.24) is 0 Å². The predicted molar refractivity (Wildman–Crippen MR) is 169 cm³/mol. The number of benzene rings is 2. The number of hydrogen-bond donors (Lipinski definition) is 2. The molecule has 0 radical (unpaired) electrons. The van der Waals surface area contributed by atoms with Gasteiger partial charge in [-0.1, -0.05) is 58.0 Å². The van der Waals surface area contributed by atoms with Crippen molar-refractivity contribution in [2.75, 3.05) is 5.75 Å². The van der Waals surface area contributed by atoms with Gasteiger partial charge in [-0.3, -0.25) is 9.59 Å². The summed E-state index contributed by atoms with van der Waals surface area (Å²) in [5, 5.41) is 21.6. The lowest BCUT2D eigenvalue weighted by molar-refractivity contribution is -0.205. The second-order valence-electron chi connectivity index (χ2n) is 13.6. The highest BCUT2D eigenvalue weighted by Gasteiger charge is 2.68. The van der Waals surface area contributed by atoms with Crippen LogP contribution in [-0.4, -0.2) is 45.9 Å². The van der Waals surface area contributed by atoms with Crippen LogP contribution >= 0.6 is 11.8 Å². The molecule has 7 nitrogen and oxygen atoms in total. The van der Waals surface area contributed by atoms with Crippen molar-refractivity contribution in [2.45, 2.75) is 83.5 Å². The number of para-hydroxylation sites is 1. The van der Waals surface area contributed by atoms with Gasteiger partial charge in [0.2, 0.25) is 0 Å². The van der Waals surface area contributed by atoms with Gasteiger partial charge in [0.05, 0.1) is 11.9 Å². The number of aliphatic hydroxyl groups excluding tert-OH is 1. The number of carbonyl (C=O) groups excluding carboxylic acids is 3. The van der Waals surface area contributed by atoms with Gasteiger partial charge in [-0.05, 0) is 72.8 Å². The lowest BCUT2D eigenvalue weighted by Gasteiger charge is -2.61. The first-order valence-corrected chi connectivity index (χ1v) is 16.5. The average Bonchev–Trinajstić information content (AvgIpc) is 3.37. The quantitative estimate of drug-likeness (QED) is 0.190. The summed E-state index contributed by atoms with van der Waals surface area (Å²) >= 11 is 1.33. The van der Waals surface area contributed by atoms with E-state index >= 15 is 0 Å². The fourth-order valence-electron chi connectivity index (χ4n) is 8.43. The van der Waals surface area contributed by atoms with E-state index in [1.807, 2.05) is 31.2 Å². The molecular weight excluding hydrogens is 576 g/mol. The highest BCUT2D eigenvalue weighted by atomic mass is 32.2. The third-order valence-corrected chi connectivity index (χ3v) is 12.3. The van der Waals surface area contributed by atoms with Gasteiger partial charge in [-0.15, -0.1) is 18.3 Å². The molecule has 8 heteroatoms. The first-order chi connectivity index (χ1) is 20.9. The predicted octanol–water partition coefficient (Wildman–Crippen LogP) is 6.75.